The topological polar surface area (TPSA) is 76.6 Å². The van der Waals surface area contributed by atoms with Crippen molar-refractivity contribution in [3.8, 4) is 0 Å². The highest BCUT2D eigenvalue weighted by molar-refractivity contribution is 7.89. The first-order valence-electron chi connectivity index (χ1n) is 6.46. The zero-order valence-electron chi connectivity index (χ0n) is 11.4. The summed E-state index contributed by atoms with van der Waals surface area (Å²) in [5.74, 6) is 1.14. The number of aryl methyl sites for hydroxylation is 2. The molecule has 1 fully saturated rings. The number of nitrogens with zero attached hydrogens (tertiary/aromatic N) is 2. The third kappa shape index (κ3) is 2.16. The Morgan fingerprint density at radius 3 is 2.80 bits per heavy atom. The summed E-state index contributed by atoms with van der Waals surface area (Å²) in [6, 6.07) is 3.36. The Kier molecular flexibility index (Phi) is 3.18. The normalized spacial score (nSPS) is 20.6. The molecule has 3 rings (SSSR count). The van der Waals surface area contributed by atoms with E-state index in [2.05, 4.69) is 5.16 Å². The van der Waals surface area contributed by atoms with Gasteiger partial charge in [-0.05, 0) is 26.3 Å². The molecule has 0 N–H and O–H groups in total. The number of furan rings is 1. The van der Waals surface area contributed by atoms with Gasteiger partial charge in [0.25, 0.3) is 0 Å². The van der Waals surface area contributed by atoms with E-state index in [4.69, 9.17) is 8.94 Å². The lowest BCUT2D eigenvalue weighted by Crippen LogP contribution is -2.28. The van der Waals surface area contributed by atoms with Gasteiger partial charge in [-0.3, -0.25) is 0 Å². The first-order chi connectivity index (χ1) is 9.48. The third-order valence-corrected chi connectivity index (χ3v) is 5.61. The van der Waals surface area contributed by atoms with Gasteiger partial charge in [-0.1, -0.05) is 5.16 Å². The smallest absolute Gasteiger partial charge is 0.246 e. The summed E-state index contributed by atoms with van der Waals surface area (Å²) in [7, 11) is -3.49. The molecule has 1 saturated heterocycles. The molecular formula is C13H16N2O4S. The van der Waals surface area contributed by atoms with Gasteiger partial charge < -0.3 is 8.94 Å². The Bertz CT molecular complexity index is 703. The van der Waals surface area contributed by atoms with Crippen LogP contribution in [0.1, 0.15) is 29.6 Å². The molecule has 0 spiro atoms. The van der Waals surface area contributed by atoms with E-state index < -0.39 is 10.0 Å². The Morgan fingerprint density at radius 1 is 1.40 bits per heavy atom. The van der Waals surface area contributed by atoms with Crippen molar-refractivity contribution in [2.45, 2.75) is 31.1 Å². The number of aromatic nitrogens is 1. The Hall–Kier alpha value is -1.60. The van der Waals surface area contributed by atoms with Crippen molar-refractivity contribution in [1.29, 1.82) is 0 Å². The summed E-state index contributed by atoms with van der Waals surface area (Å²) < 4.78 is 36.8. The molecule has 1 atom stereocenters. The monoisotopic (exact) mass is 296 g/mol. The average molecular weight is 296 g/mol. The third-order valence-electron chi connectivity index (χ3n) is 3.64. The van der Waals surface area contributed by atoms with E-state index in [1.165, 1.54) is 10.6 Å². The molecule has 0 aliphatic carbocycles. The maximum atomic E-state index is 12.6. The van der Waals surface area contributed by atoms with Crippen molar-refractivity contribution in [3.63, 3.8) is 0 Å². The van der Waals surface area contributed by atoms with E-state index in [1.54, 1.807) is 26.0 Å². The Morgan fingerprint density at radius 2 is 2.20 bits per heavy atom. The predicted molar refractivity (Wildman–Crippen MR) is 70.8 cm³/mol. The van der Waals surface area contributed by atoms with E-state index in [1.807, 2.05) is 0 Å². The minimum Gasteiger partial charge on any atom is -0.465 e. The van der Waals surface area contributed by atoms with Gasteiger partial charge in [-0.15, -0.1) is 0 Å². The molecule has 1 unspecified atom stereocenters. The minimum atomic E-state index is -3.49. The maximum Gasteiger partial charge on any atom is 0.246 e. The molecule has 1 aliphatic rings. The van der Waals surface area contributed by atoms with E-state index in [0.717, 1.165) is 12.1 Å². The van der Waals surface area contributed by atoms with Gasteiger partial charge in [0.1, 0.15) is 22.7 Å². The van der Waals surface area contributed by atoms with Crippen LogP contribution in [0.2, 0.25) is 0 Å². The largest absolute Gasteiger partial charge is 0.465 e. The lowest BCUT2D eigenvalue weighted by atomic mass is 10.1. The molecule has 7 heteroatoms. The molecule has 2 aromatic rings. The van der Waals surface area contributed by atoms with Crippen LogP contribution in [-0.2, 0) is 10.0 Å². The quantitative estimate of drug-likeness (QED) is 0.866. The van der Waals surface area contributed by atoms with Crippen LogP contribution in [0.5, 0.6) is 0 Å². The van der Waals surface area contributed by atoms with Gasteiger partial charge in [0.2, 0.25) is 10.0 Å². The molecule has 108 valence electrons. The molecule has 0 aromatic carbocycles. The van der Waals surface area contributed by atoms with Crippen LogP contribution in [0, 0.1) is 13.8 Å². The first-order valence-corrected chi connectivity index (χ1v) is 7.90. The summed E-state index contributed by atoms with van der Waals surface area (Å²) in [6.07, 6.45) is 2.26. The lowest BCUT2D eigenvalue weighted by Gasteiger charge is -2.15. The second kappa shape index (κ2) is 4.75. The fraction of sp³-hybridized carbons (Fsp3) is 0.462. The highest BCUT2D eigenvalue weighted by Crippen LogP contribution is 2.31. The summed E-state index contributed by atoms with van der Waals surface area (Å²) in [5.41, 5.74) is 0.808. The second-order valence-corrected chi connectivity index (χ2v) is 6.96. The highest BCUT2D eigenvalue weighted by atomic mass is 32.2. The van der Waals surface area contributed by atoms with Crippen molar-refractivity contribution in [1.82, 2.24) is 9.46 Å². The zero-order chi connectivity index (χ0) is 14.3. The summed E-state index contributed by atoms with van der Waals surface area (Å²) in [4.78, 5) is 0.260. The number of hydrogen-bond acceptors (Lipinski definition) is 5. The van der Waals surface area contributed by atoms with E-state index >= 15 is 0 Å². The first kappa shape index (κ1) is 13.4. The second-order valence-electron chi connectivity index (χ2n) is 5.05. The van der Waals surface area contributed by atoms with Gasteiger partial charge in [0.05, 0.1) is 5.69 Å². The highest BCUT2D eigenvalue weighted by Gasteiger charge is 2.36. The van der Waals surface area contributed by atoms with E-state index in [9.17, 15) is 8.42 Å². The molecule has 3 heterocycles. The van der Waals surface area contributed by atoms with Gasteiger partial charge in [0, 0.05) is 25.1 Å². The van der Waals surface area contributed by atoms with E-state index in [-0.39, 0.29) is 10.8 Å². The van der Waals surface area contributed by atoms with Crippen molar-refractivity contribution in [2.24, 2.45) is 0 Å². The van der Waals surface area contributed by atoms with Crippen LogP contribution in [0.4, 0.5) is 0 Å². The molecular weight excluding hydrogens is 280 g/mol. The Labute approximate surface area is 117 Å². The minimum absolute atomic E-state index is 0.0943. The SMILES string of the molecule is Cc1cc(S(=O)(=O)N2CCC(c3ccon3)C2)c(C)o1. The maximum absolute atomic E-state index is 12.6. The molecule has 6 nitrogen and oxygen atoms in total. The molecule has 0 radical (unpaired) electrons. The van der Waals surface area contributed by atoms with Crippen molar-refractivity contribution >= 4 is 10.0 Å². The summed E-state index contributed by atoms with van der Waals surface area (Å²) in [5, 5.41) is 3.89. The van der Waals surface area contributed by atoms with Gasteiger partial charge in [-0.25, -0.2) is 8.42 Å². The van der Waals surface area contributed by atoms with Crippen LogP contribution in [-0.4, -0.2) is 31.0 Å². The zero-order valence-corrected chi connectivity index (χ0v) is 12.2. The molecule has 20 heavy (non-hydrogen) atoms. The van der Waals surface area contributed by atoms with Crippen molar-refractivity contribution in [2.75, 3.05) is 13.1 Å². The van der Waals surface area contributed by atoms with E-state index in [0.29, 0.717) is 24.6 Å². The van der Waals surface area contributed by atoms with Crippen molar-refractivity contribution < 1.29 is 17.4 Å². The number of sulfonamides is 1. The molecule has 0 bridgehead atoms. The van der Waals surface area contributed by atoms with Gasteiger partial charge in [-0.2, -0.15) is 4.31 Å². The van der Waals surface area contributed by atoms with Crippen LogP contribution < -0.4 is 0 Å². The Balaban J connectivity index is 1.85. The standard InChI is InChI=1S/C13H16N2O4S/c1-9-7-13(10(2)19-9)20(16,17)15-5-3-11(8-15)12-4-6-18-14-12/h4,6-7,11H,3,5,8H2,1-2H3. The van der Waals surface area contributed by atoms with Gasteiger partial charge >= 0.3 is 0 Å². The fourth-order valence-corrected chi connectivity index (χ4v) is 4.34. The van der Waals surface area contributed by atoms with Crippen LogP contribution >= 0.6 is 0 Å². The molecule has 1 aliphatic heterocycles. The molecule has 0 amide bonds. The lowest BCUT2D eigenvalue weighted by molar-refractivity contribution is 0.404. The van der Waals surface area contributed by atoms with Gasteiger partial charge in [0.15, 0.2) is 0 Å². The van der Waals surface area contributed by atoms with Crippen LogP contribution in [0.15, 0.2) is 32.2 Å². The van der Waals surface area contributed by atoms with Crippen molar-refractivity contribution in [3.05, 3.63) is 35.6 Å². The summed E-state index contributed by atoms with van der Waals surface area (Å²) >= 11 is 0. The predicted octanol–water partition coefficient (Wildman–Crippen LogP) is 2.06. The number of hydrogen-bond donors (Lipinski definition) is 0. The van der Waals surface area contributed by atoms with Crippen LogP contribution in [0.3, 0.4) is 0 Å². The van der Waals surface area contributed by atoms with Crippen LogP contribution in [0.25, 0.3) is 0 Å². The fourth-order valence-electron chi connectivity index (χ4n) is 2.62. The average Bonchev–Trinajstić information content (AvgIpc) is 3.07. The molecule has 0 saturated carbocycles. The number of rotatable bonds is 3. The molecule has 2 aromatic heterocycles. The summed E-state index contributed by atoms with van der Waals surface area (Å²) in [6.45, 7) is 4.33.